The van der Waals surface area contributed by atoms with Gasteiger partial charge in [-0.2, -0.15) is 16.7 Å². The third kappa shape index (κ3) is 2.89. The highest BCUT2D eigenvalue weighted by molar-refractivity contribution is 7.99. The molecule has 0 saturated carbocycles. The van der Waals surface area contributed by atoms with Crippen LogP contribution >= 0.6 is 11.8 Å². The number of oxazole rings is 1. The van der Waals surface area contributed by atoms with Gasteiger partial charge in [0.2, 0.25) is 0 Å². The minimum Gasteiger partial charge on any atom is -0.432 e. The van der Waals surface area contributed by atoms with Gasteiger partial charge in [-0.25, -0.2) is 0 Å². The summed E-state index contributed by atoms with van der Waals surface area (Å²) in [6.07, 6.45) is 1.75. The third-order valence-corrected chi connectivity index (χ3v) is 3.32. The van der Waals surface area contributed by atoms with E-state index in [-0.39, 0.29) is 0 Å². The fourth-order valence-electron chi connectivity index (χ4n) is 1.53. The second-order valence-corrected chi connectivity index (χ2v) is 4.73. The molecule has 4 nitrogen and oxygen atoms in total. The Bertz CT molecular complexity index is 297. The van der Waals surface area contributed by atoms with Crippen LogP contribution in [0.25, 0.3) is 0 Å². The first-order valence-corrected chi connectivity index (χ1v) is 6.53. The molecular formula is C10H17N3OS. The molecule has 1 aliphatic heterocycles. The van der Waals surface area contributed by atoms with E-state index in [9.17, 15) is 0 Å². The van der Waals surface area contributed by atoms with E-state index in [0.717, 1.165) is 37.9 Å². The van der Waals surface area contributed by atoms with E-state index in [1.54, 1.807) is 6.26 Å². The number of hydrogen-bond acceptors (Lipinski definition) is 5. The van der Waals surface area contributed by atoms with Crippen molar-refractivity contribution in [2.45, 2.75) is 13.5 Å². The van der Waals surface area contributed by atoms with Gasteiger partial charge in [0.25, 0.3) is 6.01 Å². The SMILES string of the molecule is CCNCc1coc(N2CCSCC2)n1. The lowest BCUT2D eigenvalue weighted by Gasteiger charge is -2.24. The first kappa shape index (κ1) is 10.8. The highest BCUT2D eigenvalue weighted by Gasteiger charge is 2.15. The molecule has 2 heterocycles. The minimum absolute atomic E-state index is 0.781. The van der Waals surface area contributed by atoms with Gasteiger partial charge >= 0.3 is 0 Å². The molecule has 0 spiro atoms. The summed E-state index contributed by atoms with van der Waals surface area (Å²) in [5.41, 5.74) is 0.991. The lowest BCUT2D eigenvalue weighted by molar-refractivity contribution is 0.538. The second-order valence-electron chi connectivity index (χ2n) is 3.50. The highest BCUT2D eigenvalue weighted by atomic mass is 32.2. The van der Waals surface area contributed by atoms with Crippen LogP contribution < -0.4 is 10.2 Å². The normalized spacial score (nSPS) is 17.0. The van der Waals surface area contributed by atoms with E-state index >= 15 is 0 Å². The van der Waals surface area contributed by atoms with Crippen molar-refractivity contribution in [3.8, 4) is 0 Å². The average molecular weight is 227 g/mol. The van der Waals surface area contributed by atoms with Crippen LogP contribution in [-0.2, 0) is 6.54 Å². The van der Waals surface area contributed by atoms with Crippen molar-refractivity contribution in [1.82, 2.24) is 10.3 Å². The Balaban J connectivity index is 1.93. The fourth-order valence-corrected chi connectivity index (χ4v) is 2.43. The summed E-state index contributed by atoms with van der Waals surface area (Å²) in [6, 6.07) is 0.781. The van der Waals surface area contributed by atoms with Crippen LogP contribution in [0.4, 0.5) is 6.01 Å². The molecule has 0 radical (unpaired) electrons. The number of rotatable bonds is 4. The Morgan fingerprint density at radius 2 is 2.33 bits per heavy atom. The fraction of sp³-hybridized carbons (Fsp3) is 0.700. The standard InChI is InChI=1S/C10H17N3OS/c1-2-11-7-9-8-14-10(12-9)13-3-5-15-6-4-13/h8,11H,2-7H2,1H3. The number of hydrogen-bond donors (Lipinski definition) is 1. The number of anilines is 1. The van der Waals surface area contributed by atoms with E-state index < -0.39 is 0 Å². The van der Waals surface area contributed by atoms with Crippen molar-refractivity contribution in [2.24, 2.45) is 0 Å². The molecule has 2 rings (SSSR count). The van der Waals surface area contributed by atoms with E-state index in [4.69, 9.17) is 4.42 Å². The van der Waals surface area contributed by atoms with Crippen molar-refractivity contribution in [3.05, 3.63) is 12.0 Å². The Labute approximate surface area is 94.4 Å². The molecular weight excluding hydrogens is 210 g/mol. The zero-order valence-electron chi connectivity index (χ0n) is 9.03. The van der Waals surface area contributed by atoms with E-state index in [1.165, 1.54) is 11.5 Å². The molecule has 1 aromatic rings. The van der Waals surface area contributed by atoms with Gasteiger partial charge in [0.15, 0.2) is 0 Å². The molecule has 0 bridgehead atoms. The molecule has 15 heavy (non-hydrogen) atoms. The molecule has 1 saturated heterocycles. The van der Waals surface area contributed by atoms with Crippen LogP contribution in [-0.4, -0.2) is 36.1 Å². The van der Waals surface area contributed by atoms with E-state index in [0.29, 0.717) is 0 Å². The Morgan fingerprint density at radius 1 is 1.53 bits per heavy atom. The number of thioether (sulfide) groups is 1. The van der Waals surface area contributed by atoms with Gasteiger partial charge in [0.05, 0.1) is 5.69 Å². The average Bonchev–Trinajstić information content (AvgIpc) is 2.76. The Morgan fingerprint density at radius 3 is 3.07 bits per heavy atom. The predicted molar refractivity (Wildman–Crippen MR) is 63.4 cm³/mol. The molecule has 5 heteroatoms. The number of nitrogens with zero attached hydrogens (tertiary/aromatic N) is 2. The largest absolute Gasteiger partial charge is 0.432 e. The molecule has 1 fully saturated rings. The monoisotopic (exact) mass is 227 g/mol. The van der Waals surface area contributed by atoms with Gasteiger partial charge in [0.1, 0.15) is 6.26 Å². The van der Waals surface area contributed by atoms with Crippen LogP contribution in [0.1, 0.15) is 12.6 Å². The molecule has 0 aliphatic carbocycles. The number of nitrogens with one attached hydrogen (secondary N) is 1. The first-order chi connectivity index (χ1) is 7.40. The zero-order chi connectivity index (χ0) is 10.5. The lowest BCUT2D eigenvalue weighted by atomic mass is 10.5. The summed E-state index contributed by atoms with van der Waals surface area (Å²) in [5, 5.41) is 3.24. The topological polar surface area (TPSA) is 41.3 Å². The van der Waals surface area contributed by atoms with Gasteiger partial charge < -0.3 is 14.6 Å². The lowest BCUT2D eigenvalue weighted by Crippen LogP contribution is -2.32. The summed E-state index contributed by atoms with van der Waals surface area (Å²) in [4.78, 5) is 6.67. The predicted octanol–water partition coefficient (Wildman–Crippen LogP) is 1.34. The molecule has 1 N–H and O–H groups in total. The maximum Gasteiger partial charge on any atom is 0.297 e. The molecule has 0 atom stereocenters. The van der Waals surface area contributed by atoms with Crippen molar-refractivity contribution in [2.75, 3.05) is 36.0 Å². The van der Waals surface area contributed by atoms with Gasteiger partial charge in [0, 0.05) is 31.1 Å². The van der Waals surface area contributed by atoms with Crippen LogP contribution in [0.15, 0.2) is 10.7 Å². The minimum atomic E-state index is 0.781. The second kappa shape index (κ2) is 5.42. The zero-order valence-corrected chi connectivity index (χ0v) is 9.85. The summed E-state index contributed by atoms with van der Waals surface area (Å²) in [5.74, 6) is 2.34. The smallest absolute Gasteiger partial charge is 0.297 e. The summed E-state index contributed by atoms with van der Waals surface area (Å²) >= 11 is 1.99. The van der Waals surface area contributed by atoms with Crippen molar-refractivity contribution < 1.29 is 4.42 Å². The van der Waals surface area contributed by atoms with Crippen LogP contribution in [0.2, 0.25) is 0 Å². The van der Waals surface area contributed by atoms with Crippen molar-refractivity contribution in [3.63, 3.8) is 0 Å². The van der Waals surface area contributed by atoms with Gasteiger partial charge in [-0.05, 0) is 6.54 Å². The highest BCUT2D eigenvalue weighted by Crippen LogP contribution is 2.18. The molecule has 1 aliphatic rings. The molecule has 84 valence electrons. The van der Waals surface area contributed by atoms with Gasteiger partial charge in [-0.15, -0.1) is 0 Å². The van der Waals surface area contributed by atoms with E-state index in [2.05, 4.69) is 22.1 Å². The molecule has 1 aromatic heterocycles. The van der Waals surface area contributed by atoms with Crippen molar-refractivity contribution in [1.29, 1.82) is 0 Å². The quantitative estimate of drug-likeness (QED) is 0.840. The van der Waals surface area contributed by atoms with Crippen LogP contribution in [0.5, 0.6) is 0 Å². The maximum absolute atomic E-state index is 5.47. The Kier molecular flexibility index (Phi) is 3.91. The van der Waals surface area contributed by atoms with Crippen molar-refractivity contribution >= 4 is 17.8 Å². The summed E-state index contributed by atoms with van der Waals surface area (Å²) in [7, 11) is 0. The molecule has 0 amide bonds. The Hall–Kier alpha value is -0.680. The maximum atomic E-state index is 5.47. The van der Waals surface area contributed by atoms with Gasteiger partial charge in [-0.1, -0.05) is 6.92 Å². The molecule has 0 aromatic carbocycles. The van der Waals surface area contributed by atoms with E-state index in [1.807, 2.05) is 11.8 Å². The summed E-state index contributed by atoms with van der Waals surface area (Å²) < 4.78 is 5.47. The summed E-state index contributed by atoms with van der Waals surface area (Å²) in [6.45, 7) is 5.94. The van der Waals surface area contributed by atoms with Crippen LogP contribution in [0.3, 0.4) is 0 Å². The third-order valence-electron chi connectivity index (χ3n) is 2.38. The number of aromatic nitrogens is 1. The van der Waals surface area contributed by atoms with Crippen LogP contribution in [0, 0.1) is 0 Å². The molecule has 0 unspecified atom stereocenters. The first-order valence-electron chi connectivity index (χ1n) is 5.38. The van der Waals surface area contributed by atoms with Gasteiger partial charge in [-0.3, -0.25) is 0 Å².